The number of aliphatic hydroxyl groups is 1. The monoisotopic (exact) mass is 289 g/mol. The molecule has 0 radical (unpaired) electrons. The highest BCUT2D eigenvalue weighted by molar-refractivity contribution is 5.14. The fraction of sp³-hybridized carbons (Fsp3) is 0.933. The normalized spacial score (nSPS) is 43.0. The van der Waals surface area contributed by atoms with Crippen molar-refractivity contribution >= 4 is 0 Å². The van der Waals surface area contributed by atoms with E-state index in [2.05, 4.69) is 13.0 Å². The van der Waals surface area contributed by atoms with E-state index in [0.717, 1.165) is 12.8 Å². The van der Waals surface area contributed by atoms with Crippen molar-refractivity contribution in [1.29, 1.82) is 5.26 Å². The Morgan fingerprint density at radius 3 is 2.25 bits per heavy atom. The third-order valence-corrected chi connectivity index (χ3v) is 5.42. The lowest BCUT2D eigenvalue weighted by atomic mass is 9.57. The van der Waals surface area contributed by atoms with Crippen molar-refractivity contribution in [3.05, 3.63) is 0 Å². The summed E-state index contributed by atoms with van der Waals surface area (Å²) < 4.78 is 38.8. The Hall–Kier alpha value is -0.760. The van der Waals surface area contributed by atoms with Crippen molar-refractivity contribution < 1.29 is 18.3 Å². The summed E-state index contributed by atoms with van der Waals surface area (Å²) in [5.41, 5.74) is -2.45. The third-order valence-electron chi connectivity index (χ3n) is 5.42. The molecule has 2 saturated carbocycles. The summed E-state index contributed by atoms with van der Waals surface area (Å²) in [7, 11) is 0. The van der Waals surface area contributed by atoms with Gasteiger partial charge in [0.05, 0.1) is 23.0 Å². The lowest BCUT2D eigenvalue weighted by Gasteiger charge is -2.50. The van der Waals surface area contributed by atoms with E-state index in [9.17, 15) is 23.5 Å². The molecule has 2 nitrogen and oxygen atoms in total. The van der Waals surface area contributed by atoms with Gasteiger partial charge in [0.25, 0.3) is 0 Å². The first-order valence-electron chi connectivity index (χ1n) is 7.43. The minimum Gasteiger partial charge on any atom is -0.388 e. The second-order valence-electron chi connectivity index (χ2n) is 6.74. The molecular weight excluding hydrogens is 267 g/mol. The van der Waals surface area contributed by atoms with E-state index in [1.54, 1.807) is 0 Å². The molecule has 0 amide bonds. The van der Waals surface area contributed by atoms with Crippen molar-refractivity contribution in [2.45, 2.75) is 70.1 Å². The van der Waals surface area contributed by atoms with Gasteiger partial charge < -0.3 is 5.11 Å². The molecule has 0 aromatic carbocycles. The van der Waals surface area contributed by atoms with Gasteiger partial charge in [-0.1, -0.05) is 6.92 Å². The number of rotatable bonds is 1. The van der Waals surface area contributed by atoms with Gasteiger partial charge in [-0.15, -0.1) is 0 Å². The molecule has 0 heterocycles. The van der Waals surface area contributed by atoms with Crippen LogP contribution in [-0.4, -0.2) is 16.9 Å². The lowest BCUT2D eigenvalue weighted by Crippen LogP contribution is -2.53. The van der Waals surface area contributed by atoms with Gasteiger partial charge in [0.2, 0.25) is 0 Å². The zero-order valence-corrected chi connectivity index (χ0v) is 11.8. The van der Waals surface area contributed by atoms with E-state index in [1.807, 2.05) is 0 Å². The molecule has 114 valence electrons. The van der Waals surface area contributed by atoms with Gasteiger partial charge in [0.1, 0.15) is 0 Å². The third kappa shape index (κ3) is 2.67. The van der Waals surface area contributed by atoms with Gasteiger partial charge in [-0.3, -0.25) is 0 Å². The maximum Gasteiger partial charge on any atom is 0.391 e. The summed E-state index contributed by atoms with van der Waals surface area (Å²) in [4.78, 5) is 0. The Balaban J connectivity index is 2.22. The van der Waals surface area contributed by atoms with Crippen molar-refractivity contribution in [1.82, 2.24) is 0 Å². The molecule has 0 aromatic rings. The SMILES string of the molecule is CC1CCC(C#N)(C2(O)CCCC(C(F)(F)F)C2)CC1. The fourth-order valence-corrected chi connectivity index (χ4v) is 3.90. The molecule has 2 unspecified atom stereocenters. The Kier molecular flexibility index (Phi) is 4.07. The van der Waals surface area contributed by atoms with Crippen molar-refractivity contribution in [3.63, 3.8) is 0 Å². The molecule has 5 heteroatoms. The van der Waals surface area contributed by atoms with Crippen LogP contribution >= 0.6 is 0 Å². The minimum absolute atomic E-state index is 0.0731. The quantitative estimate of drug-likeness (QED) is 0.786. The van der Waals surface area contributed by atoms with Gasteiger partial charge in [-0.2, -0.15) is 18.4 Å². The Morgan fingerprint density at radius 2 is 1.75 bits per heavy atom. The standard InChI is InChI=1S/C15H22F3NO/c1-11-4-7-13(10-19,8-5-11)14(20)6-2-3-12(9-14)15(16,17)18/h11-12,20H,2-9H2,1H3. The van der Waals surface area contributed by atoms with Crippen LogP contribution in [0.15, 0.2) is 0 Å². The van der Waals surface area contributed by atoms with E-state index in [0.29, 0.717) is 31.6 Å². The first-order valence-corrected chi connectivity index (χ1v) is 7.43. The Labute approximate surface area is 118 Å². The summed E-state index contributed by atoms with van der Waals surface area (Å²) in [5.74, 6) is -0.979. The topological polar surface area (TPSA) is 44.0 Å². The zero-order chi connectivity index (χ0) is 15.0. The lowest BCUT2D eigenvalue weighted by molar-refractivity contribution is -0.215. The van der Waals surface area contributed by atoms with Crippen LogP contribution in [0.3, 0.4) is 0 Å². The van der Waals surface area contributed by atoms with Gasteiger partial charge in [0, 0.05) is 0 Å². The summed E-state index contributed by atoms with van der Waals surface area (Å²) in [6.07, 6.45) is -1.17. The molecule has 0 aliphatic heterocycles. The van der Waals surface area contributed by atoms with E-state index < -0.39 is 23.1 Å². The number of hydrogen-bond donors (Lipinski definition) is 1. The van der Waals surface area contributed by atoms with Crippen LogP contribution in [0.1, 0.15) is 58.3 Å². The van der Waals surface area contributed by atoms with Crippen LogP contribution in [0.5, 0.6) is 0 Å². The summed E-state index contributed by atoms with van der Waals surface area (Å²) >= 11 is 0. The first-order chi connectivity index (χ1) is 9.22. The molecule has 0 aromatic heterocycles. The second kappa shape index (κ2) is 5.22. The number of alkyl halides is 3. The molecule has 20 heavy (non-hydrogen) atoms. The van der Waals surface area contributed by atoms with Gasteiger partial charge in [0.15, 0.2) is 0 Å². The fourth-order valence-electron chi connectivity index (χ4n) is 3.90. The molecule has 2 rings (SSSR count). The molecule has 2 fully saturated rings. The van der Waals surface area contributed by atoms with Crippen LogP contribution in [0.4, 0.5) is 13.2 Å². The maximum absolute atomic E-state index is 12.9. The largest absolute Gasteiger partial charge is 0.391 e. The van der Waals surface area contributed by atoms with Crippen molar-refractivity contribution in [2.75, 3.05) is 0 Å². The number of nitriles is 1. The second-order valence-corrected chi connectivity index (χ2v) is 6.74. The predicted octanol–water partition coefficient (Wildman–Crippen LogP) is 4.19. The van der Waals surface area contributed by atoms with Gasteiger partial charge in [-0.25, -0.2) is 0 Å². The maximum atomic E-state index is 12.9. The molecule has 1 N–H and O–H groups in total. The molecule has 0 bridgehead atoms. The average molecular weight is 289 g/mol. The molecule has 0 spiro atoms. The van der Waals surface area contributed by atoms with Crippen LogP contribution in [-0.2, 0) is 0 Å². The predicted molar refractivity (Wildman–Crippen MR) is 68.6 cm³/mol. The summed E-state index contributed by atoms with van der Waals surface area (Å²) in [6.45, 7) is 2.09. The Bertz CT molecular complexity index is 393. The molecule has 2 atom stereocenters. The molecule has 2 aliphatic rings. The average Bonchev–Trinajstić information content (AvgIpc) is 2.39. The van der Waals surface area contributed by atoms with E-state index in [1.165, 1.54) is 0 Å². The summed E-state index contributed by atoms with van der Waals surface area (Å²) in [5, 5.41) is 20.4. The van der Waals surface area contributed by atoms with Crippen molar-refractivity contribution in [2.24, 2.45) is 17.3 Å². The highest BCUT2D eigenvalue weighted by Crippen LogP contribution is 2.54. The Morgan fingerprint density at radius 1 is 1.15 bits per heavy atom. The number of nitrogens with zero attached hydrogens (tertiary/aromatic N) is 1. The smallest absolute Gasteiger partial charge is 0.388 e. The van der Waals surface area contributed by atoms with Crippen molar-refractivity contribution in [3.8, 4) is 6.07 Å². The van der Waals surface area contributed by atoms with Crippen LogP contribution in [0.2, 0.25) is 0 Å². The molecule has 2 aliphatic carbocycles. The first kappa shape index (κ1) is 15.6. The van der Waals surface area contributed by atoms with Crippen LogP contribution in [0.25, 0.3) is 0 Å². The van der Waals surface area contributed by atoms with E-state index in [4.69, 9.17) is 0 Å². The molecule has 0 saturated heterocycles. The van der Waals surface area contributed by atoms with Gasteiger partial charge in [-0.05, 0) is 57.3 Å². The molecular formula is C15H22F3NO. The highest BCUT2D eigenvalue weighted by atomic mass is 19.4. The highest BCUT2D eigenvalue weighted by Gasteiger charge is 2.57. The van der Waals surface area contributed by atoms with Gasteiger partial charge >= 0.3 is 6.18 Å². The zero-order valence-electron chi connectivity index (χ0n) is 11.8. The number of halogens is 3. The van der Waals surface area contributed by atoms with E-state index in [-0.39, 0.29) is 12.8 Å². The number of hydrogen-bond acceptors (Lipinski definition) is 2. The summed E-state index contributed by atoms with van der Waals surface area (Å²) in [6, 6.07) is 2.20. The van der Waals surface area contributed by atoms with E-state index >= 15 is 0 Å². The minimum atomic E-state index is -4.27. The van der Waals surface area contributed by atoms with Crippen LogP contribution in [0, 0.1) is 28.6 Å². The van der Waals surface area contributed by atoms with Crippen LogP contribution < -0.4 is 0 Å².